The van der Waals surface area contributed by atoms with Crippen LogP contribution in [0, 0.1) is 17.7 Å². The summed E-state index contributed by atoms with van der Waals surface area (Å²) in [4.78, 5) is 12.3. The number of ether oxygens (including phenoxy) is 3. The lowest BCUT2D eigenvalue weighted by atomic mass is 9.76. The lowest BCUT2D eigenvalue weighted by Crippen LogP contribution is -2.31. The molecule has 1 aliphatic heterocycles. The highest BCUT2D eigenvalue weighted by atomic mass is 32.1. The van der Waals surface area contributed by atoms with Crippen molar-refractivity contribution in [2.45, 2.75) is 38.9 Å². The summed E-state index contributed by atoms with van der Waals surface area (Å²) >= 11 is 1.26. The maximum Gasteiger partial charge on any atom is 0.264 e. The molecule has 0 unspecified atom stereocenters. The van der Waals surface area contributed by atoms with Gasteiger partial charge in [0.2, 0.25) is 5.13 Å². The van der Waals surface area contributed by atoms with E-state index in [4.69, 9.17) is 14.2 Å². The fourth-order valence-electron chi connectivity index (χ4n) is 4.42. The third-order valence-electron chi connectivity index (χ3n) is 6.16. The highest BCUT2D eigenvalue weighted by Crippen LogP contribution is 2.44. The Morgan fingerprint density at radius 2 is 2.06 bits per heavy atom. The van der Waals surface area contributed by atoms with Crippen LogP contribution in [0.15, 0.2) is 48.5 Å². The number of rotatable bonds is 9. The Morgan fingerprint density at radius 1 is 1.23 bits per heavy atom. The molecule has 1 amide bonds. The van der Waals surface area contributed by atoms with Gasteiger partial charge in [-0.1, -0.05) is 55.5 Å². The molecule has 0 radical (unpaired) electrons. The summed E-state index contributed by atoms with van der Waals surface area (Å²) in [7, 11) is 1.57. The van der Waals surface area contributed by atoms with E-state index in [9.17, 15) is 9.18 Å². The van der Waals surface area contributed by atoms with Gasteiger partial charge >= 0.3 is 0 Å². The Kier molecular flexibility index (Phi) is 8.43. The van der Waals surface area contributed by atoms with Gasteiger partial charge in [-0.2, -0.15) is 0 Å². The van der Waals surface area contributed by atoms with Crippen LogP contribution in [0.25, 0.3) is 0 Å². The SMILES string of the molecule is COCc1nnc(NC(=O)COc2cccc([C@@H]3OC[C@@H](c4ccccc4F)C[C@H]3C(C)C)c2)s1. The third-order valence-corrected chi connectivity index (χ3v) is 6.97. The van der Waals surface area contributed by atoms with Crippen molar-refractivity contribution in [3.8, 4) is 5.75 Å². The van der Waals surface area contributed by atoms with Crippen molar-refractivity contribution in [1.29, 1.82) is 0 Å². The third kappa shape index (κ3) is 6.42. The van der Waals surface area contributed by atoms with Crippen molar-refractivity contribution in [2.75, 3.05) is 25.6 Å². The molecule has 3 atom stereocenters. The van der Waals surface area contributed by atoms with E-state index in [-0.39, 0.29) is 36.3 Å². The number of carbonyl (C=O) groups is 1. The van der Waals surface area contributed by atoms with Crippen molar-refractivity contribution in [1.82, 2.24) is 10.2 Å². The summed E-state index contributed by atoms with van der Waals surface area (Å²) in [6.07, 6.45) is 0.708. The lowest BCUT2D eigenvalue weighted by molar-refractivity contribution is -0.118. The second-order valence-electron chi connectivity index (χ2n) is 8.96. The predicted molar refractivity (Wildman–Crippen MR) is 132 cm³/mol. The van der Waals surface area contributed by atoms with E-state index in [1.807, 2.05) is 36.4 Å². The number of anilines is 1. The second kappa shape index (κ2) is 11.7. The van der Waals surface area contributed by atoms with E-state index >= 15 is 0 Å². The first-order chi connectivity index (χ1) is 16.9. The van der Waals surface area contributed by atoms with Crippen LogP contribution < -0.4 is 10.1 Å². The highest BCUT2D eigenvalue weighted by Gasteiger charge is 2.35. The van der Waals surface area contributed by atoms with E-state index in [2.05, 4.69) is 29.4 Å². The van der Waals surface area contributed by atoms with Gasteiger partial charge in [-0.05, 0) is 47.6 Å². The second-order valence-corrected chi connectivity index (χ2v) is 10.0. The molecule has 3 aromatic rings. The Balaban J connectivity index is 1.39. The molecular weight excluding hydrogens is 469 g/mol. The van der Waals surface area contributed by atoms with Gasteiger partial charge in [0.1, 0.15) is 23.2 Å². The minimum Gasteiger partial charge on any atom is -0.484 e. The van der Waals surface area contributed by atoms with Crippen LogP contribution in [-0.2, 0) is 20.9 Å². The zero-order valence-electron chi connectivity index (χ0n) is 20.1. The van der Waals surface area contributed by atoms with Gasteiger partial charge in [-0.3, -0.25) is 10.1 Å². The number of carbonyl (C=O) groups excluding carboxylic acids is 1. The number of amides is 1. The van der Waals surface area contributed by atoms with E-state index in [0.717, 1.165) is 12.0 Å². The van der Waals surface area contributed by atoms with Crippen molar-refractivity contribution in [2.24, 2.45) is 11.8 Å². The molecule has 1 aliphatic rings. The van der Waals surface area contributed by atoms with Crippen LogP contribution >= 0.6 is 11.3 Å². The smallest absolute Gasteiger partial charge is 0.264 e. The number of nitrogens with zero attached hydrogens (tertiary/aromatic N) is 2. The quantitative estimate of drug-likeness (QED) is 0.427. The molecule has 1 fully saturated rings. The molecule has 2 heterocycles. The molecule has 7 nitrogen and oxygen atoms in total. The molecule has 1 aromatic heterocycles. The number of halogens is 1. The minimum absolute atomic E-state index is 0.0211. The monoisotopic (exact) mass is 499 g/mol. The van der Waals surface area contributed by atoms with Gasteiger partial charge in [0.15, 0.2) is 6.61 Å². The van der Waals surface area contributed by atoms with Crippen LogP contribution in [0.4, 0.5) is 9.52 Å². The van der Waals surface area contributed by atoms with Crippen molar-refractivity contribution in [3.63, 3.8) is 0 Å². The molecule has 9 heteroatoms. The lowest BCUT2D eigenvalue weighted by Gasteiger charge is -2.39. The summed E-state index contributed by atoms with van der Waals surface area (Å²) in [6, 6.07) is 14.6. The van der Waals surface area contributed by atoms with Crippen molar-refractivity contribution >= 4 is 22.4 Å². The normalized spacial score (nSPS) is 20.1. The Hall–Kier alpha value is -2.88. The summed E-state index contributed by atoms with van der Waals surface area (Å²) < 4.78 is 31.5. The number of methoxy groups -OCH3 is 1. The standard InChI is InChI=1S/C26H30FN3O4S/c1-16(2)21-12-18(20-9-4-5-10-22(20)27)13-34-25(21)17-7-6-8-19(11-17)33-14-23(31)28-26-30-29-24(35-26)15-32-3/h4-11,16,18,21,25H,12-15H2,1-3H3,(H,28,30,31)/t18-,21-,25-/m0/s1. The molecule has 0 saturated carbocycles. The van der Waals surface area contributed by atoms with Crippen LogP contribution in [0.1, 0.15) is 48.4 Å². The maximum atomic E-state index is 14.4. The molecule has 35 heavy (non-hydrogen) atoms. The van der Waals surface area contributed by atoms with E-state index < -0.39 is 0 Å². The topological polar surface area (TPSA) is 82.6 Å². The van der Waals surface area contributed by atoms with Crippen LogP contribution in [0.3, 0.4) is 0 Å². The summed E-state index contributed by atoms with van der Waals surface area (Å²) in [5.41, 5.74) is 1.70. The number of benzene rings is 2. The fraction of sp³-hybridized carbons (Fsp3) is 0.423. The molecule has 1 N–H and O–H groups in total. The molecular formula is C26H30FN3O4S. The largest absolute Gasteiger partial charge is 0.484 e. The average Bonchev–Trinajstić information content (AvgIpc) is 3.30. The predicted octanol–water partition coefficient (Wildman–Crippen LogP) is 5.36. The number of nitrogens with one attached hydrogen (secondary N) is 1. The number of hydrogen-bond donors (Lipinski definition) is 1. The maximum absolute atomic E-state index is 14.4. The minimum atomic E-state index is -0.322. The summed E-state index contributed by atoms with van der Waals surface area (Å²) in [6.45, 7) is 4.98. The summed E-state index contributed by atoms with van der Waals surface area (Å²) in [5, 5.41) is 11.6. The van der Waals surface area contributed by atoms with Crippen molar-refractivity contribution in [3.05, 3.63) is 70.5 Å². The Labute approximate surface area is 208 Å². The first kappa shape index (κ1) is 25.2. The Bertz CT molecular complexity index is 1140. The van der Waals surface area contributed by atoms with Crippen LogP contribution in [0.2, 0.25) is 0 Å². The zero-order chi connectivity index (χ0) is 24.8. The molecule has 0 aliphatic carbocycles. The Morgan fingerprint density at radius 3 is 2.83 bits per heavy atom. The van der Waals surface area contributed by atoms with Gasteiger partial charge in [-0.25, -0.2) is 4.39 Å². The van der Waals surface area contributed by atoms with Gasteiger partial charge in [0, 0.05) is 13.0 Å². The molecule has 2 aromatic carbocycles. The first-order valence-electron chi connectivity index (χ1n) is 11.6. The van der Waals surface area contributed by atoms with Gasteiger partial charge < -0.3 is 14.2 Å². The van der Waals surface area contributed by atoms with Crippen molar-refractivity contribution < 1.29 is 23.4 Å². The van der Waals surface area contributed by atoms with Crippen LogP contribution in [-0.4, -0.2) is 36.4 Å². The average molecular weight is 500 g/mol. The summed E-state index contributed by atoms with van der Waals surface area (Å²) in [5.74, 6) is 0.659. The number of aromatic nitrogens is 2. The first-order valence-corrected chi connectivity index (χ1v) is 12.5. The van der Waals surface area contributed by atoms with E-state index in [1.165, 1.54) is 17.4 Å². The number of hydrogen-bond acceptors (Lipinski definition) is 7. The fourth-order valence-corrected chi connectivity index (χ4v) is 5.15. The van der Waals surface area contributed by atoms with Gasteiger partial charge in [0.05, 0.1) is 12.7 Å². The van der Waals surface area contributed by atoms with Crippen LogP contribution in [0.5, 0.6) is 5.75 Å². The highest BCUT2D eigenvalue weighted by molar-refractivity contribution is 7.15. The molecule has 4 rings (SSSR count). The molecule has 186 valence electrons. The molecule has 0 bridgehead atoms. The van der Waals surface area contributed by atoms with E-state index in [1.54, 1.807) is 13.2 Å². The van der Waals surface area contributed by atoms with Gasteiger partial charge in [-0.15, -0.1) is 10.2 Å². The zero-order valence-corrected chi connectivity index (χ0v) is 20.9. The molecule has 1 saturated heterocycles. The van der Waals surface area contributed by atoms with E-state index in [0.29, 0.717) is 40.6 Å². The molecule has 0 spiro atoms. The van der Waals surface area contributed by atoms with Gasteiger partial charge in [0.25, 0.3) is 5.91 Å².